The summed E-state index contributed by atoms with van der Waals surface area (Å²) in [5.74, 6) is -2.00. The maximum Gasteiger partial charge on any atom is 0.311 e. The third-order valence-corrected chi connectivity index (χ3v) is 8.09. The summed E-state index contributed by atoms with van der Waals surface area (Å²) < 4.78 is 31.9. The summed E-state index contributed by atoms with van der Waals surface area (Å²) in [5, 5.41) is 32.2. The molecule has 1 saturated heterocycles. The molecule has 274 valence electrons. The minimum atomic E-state index is -1.44. The van der Waals surface area contributed by atoms with Gasteiger partial charge in [-0.3, -0.25) is 24.5 Å². The Labute approximate surface area is 278 Å². The van der Waals surface area contributed by atoms with Crippen molar-refractivity contribution in [2.24, 2.45) is 16.2 Å². The molecule has 0 aromatic heterocycles. The molecular weight excluding hydrogens is 620 g/mol. The van der Waals surface area contributed by atoms with Gasteiger partial charge in [0.2, 0.25) is 5.91 Å². The van der Waals surface area contributed by atoms with Crippen LogP contribution in [0.2, 0.25) is 0 Å². The van der Waals surface area contributed by atoms with Crippen molar-refractivity contribution >= 4 is 23.8 Å². The second-order valence-corrected chi connectivity index (χ2v) is 13.1. The molecule has 15 heteroatoms. The molecular formula is C32H58N2O13. The number of methoxy groups -OCH3 is 1. The van der Waals surface area contributed by atoms with E-state index in [1.807, 2.05) is 0 Å². The minimum Gasteiger partial charge on any atom is -0.463 e. The molecule has 15 nitrogen and oxygen atoms in total. The summed E-state index contributed by atoms with van der Waals surface area (Å²) in [6.07, 6.45) is -1.04. The van der Waals surface area contributed by atoms with Gasteiger partial charge in [-0.05, 0) is 53.4 Å². The maximum absolute atomic E-state index is 13.5. The monoisotopic (exact) mass is 678 g/mol. The van der Waals surface area contributed by atoms with Crippen molar-refractivity contribution < 1.29 is 62.9 Å². The number of likely N-dealkylation sites (tertiary alicyclic amines) is 1. The molecule has 4 N–H and O–H groups in total. The van der Waals surface area contributed by atoms with Crippen LogP contribution in [0.4, 0.5) is 0 Å². The lowest BCUT2D eigenvalue weighted by molar-refractivity contribution is -0.172. The smallest absolute Gasteiger partial charge is 0.311 e. The zero-order valence-electron chi connectivity index (χ0n) is 29.0. The molecule has 1 aliphatic heterocycles. The van der Waals surface area contributed by atoms with E-state index in [-0.39, 0.29) is 51.8 Å². The molecule has 1 aliphatic rings. The zero-order chi connectivity index (χ0) is 35.5. The van der Waals surface area contributed by atoms with Crippen LogP contribution in [0.15, 0.2) is 0 Å². The average molecular weight is 679 g/mol. The number of ether oxygens (including phenoxy) is 6. The van der Waals surface area contributed by atoms with Gasteiger partial charge in [-0.1, -0.05) is 6.92 Å². The maximum atomic E-state index is 13.5. The molecule has 0 spiro atoms. The number of aliphatic hydroxyl groups is 3. The van der Waals surface area contributed by atoms with Gasteiger partial charge in [0.1, 0.15) is 32.0 Å². The van der Waals surface area contributed by atoms with Crippen LogP contribution in [-0.2, 0) is 47.6 Å². The fourth-order valence-corrected chi connectivity index (χ4v) is 5.36. The van der Waals surface area contributed by atoms with Crippen molar-refractivity contribution in [3.63, 3.8) is 0 Å². The number of aliphatic hydroxyl groups excluding tert-OH is 3. The number of esters is 3. The van der Waals surface area contributed by atoms with E-state index in [9.17, 15) is 34.5 Å². The third kappa shape index (κ3) is 15.6. The van der Waals surface area contributed by atoms with E-state index < -0.39 is 59.6 Å². The summed E-state index contributed by atoms with van der Waals surface area (Å²) in [6, 6.07) is 0. The Kier molecular flexibility index (Phi) is 19.5. The molecule has 0 aromatic rings. The first-order chi connectivity index (χ1) is 22.1. The number of hydrogen-bond acceptors (Lipinski definition) is 14. The number of carbonyl (C=O) groups excluding carboxylic acids is 4. The van der Waals surface area contributed by atoms with Gasteiger partial charge in [-0.2, -0.15) is 0 Å². The van der Waals surface area contributed by atoms with Crippen molar-refractivity contribution in [3.05, 3.63) is 0 Å². The van der Waals surface area contributed by atoms with Crippen LogP contribution < -0.4 is 5.32 Å². The van der Waals surface area contributed by atoms with Crippen LogP contribution in [0.5, 0.6) is 0 Å². The first kappa shape index (κ1) is 42.6. The standard InChI is InChI=1S/C32H58N2O13/c1-7-31(4,28(40)45-14-12-34-11-8-9-26(34)38)22-32(5,29(41)47-19-24(36)17-35)21-30(2,3)27(39)46-20-25(37)18-44-23-33-10-13-43-16-15-42-6/h24-25,33,35-37H,7-23H2,1-6H3. The van der Waals surface area contributed by atoms with E-state index in [4.69, 9.17) is 28.4 Å². The summed E-state index contributed by atoms with van der Waals surface area (Å²) in [4.78, 5) is 53.6. The van der Waals surface area contributed by atoms with Crippen molar-refractivity contribution in [3.8, 4) is 0 Å². The van der Waals surface area contributed by atoms with Crippen molar-refractivity contribution in [1.82, 2.24) is 10.2 Å². The molecule has 0 bridgehead atoms. The van der Waals surface area contributed by atoms with Gasteiger partial charge >= 0.3 is 17.9 Å². The van der Waals surface area contributed by atoms with Gasteiger partial charge < -0.3 is 48.6 Å². The molecule has 1 amide bonds. The van der Waals surface area contributed by atoms with Gasteiger partial charge in [0.15, 0.2) is 0 Å². The fourth-order valence-electron chi connectivity index (χ4n) is 5.36. The highest BCUT2D eigenvalue weighted by molar-refractivity contribution is 5.83. The molecule has 1 heterocycles. The van der Waals surface area contributed by atoms with Crippen LogP contribution in [0.1, 0.15) is 66.7 Å². The molecule has 0 saturated carbocycles. The lowest BCUT2D eigenvalue weighted by atomic mass is 9.65. The molecule has 0 radical (unpaired) electrons. The predicted octanol–water partition coefficient (Wildman–Crippen LogP) is 0.408. The van der Waals surface area contributed by atoms with E-state index in [1.54, 1.807) is 46.6 Å². The average Bonchev–Trinajstić information content (AvgIpc) is 3.44. The van der Waals surface area contributed by atoms with E-state index in [2.05, 4.69) is 5.32 Å². The van der Waals surface area contributed by atoms with Crippen LogP contribution in [0.3, 0.4) is 0 Å². The number of amides is 1. The minimum absolute atomic E-state index is 0.00718. The highest BCUT2D eigenvalue weighted by Gasteiger charge is 2.50. The van der Waals surface area contributed by atoms with E-state index in [0.717, 1.165) is 6.42 Å². The Morgan fingerprint density at radius 1 is 0.851 bits per heavy atom. The molecule has 1 rings (SSSR count). The summed E-state index contributed by atoms with van der Waals surface area (Å²) in [5.41, 5.74) is -3.88. The first-order valence-corrected chi connectivity index (χ1v) is 16.3. The lowest BCUT2D eigenvalue weighted by Crippen LogP contribution is -2.45. The first-order valence-electron chi connectivity index (χ1n) is 16.3. The predicted molar refractivity (Wildman–Crippen MR) is 169 cm³/mol. The van der Waals surface area contributed by atoms with Crippen molar-refractivity contribution in [1.29, 1.82) is 0 Å². The number of hydrogen-bond donors (Lipinski definition) is 4. The molecule has 1 fully saturated rings. The van der Waals surface area contributed by atoms with Crippen LogP contribution in [0, 0.1) is 16.2 Å². The molecule has 47 heavy (non-hydrogen) atoms. The van der Waals surface area contributed by atoms with Crippen molar-refractivity contribution in [2.75, 3.05) is 86.3 Å². The Balaban J connectivity index is 2.83. The Morgan fingerprint density at radius 3 is 2.13 bits per heavy atom. The summed E-state index contributed by atoms with van der Waals surface area (Å²) in [6.45, 7) is 9.70. The summed E-state index contributed by atoms with van der Waals surface area (Å²) in [7, 11) is 1.59. The lowest BCUT2D eigenvalue weighted by Gasteiger charge is -2.39. The SMILES string of the molecule is CCC(C)(CC(C)(CC(C)(C)C(=O)OCC(O)COCNCCOCCOC)C(=O)OCC(O)CO)C(=O)OCCN1CCCC1=O. The Morgan fingerprint density at radius 2 is 1.51 bits per heavy atom. The van der Waals surface area contributed by atoms with Crippen LogP contribution in [-0.4, -0.2) is 143 Å². The van der Waals surface area contributed by atoms with Crippen LogP contribution >= 0.6 is 0 Å². The van der Waals surface area contributed by atoms with Gasteiger partial charge in [0, 0.05) is 26.6 Å². The molecule has 4 atom stereocenters. The highest BCUT2D eigenvalue weighted by atomic mass is 16.6. The quantitative estimate of drug-likeness (QED) is 0.0424. The van der Waals surface area contributed by atoms with Crippen LogP contribution in [0.25, 0.3) is 0 Å². The van der Waals surface area contributed by atoms with E-state index >= 15 is 0 Å². The molecule has 4 unspecified atom stereocenters. The van der Waals surface area contributed by atoms with E-state index in [1.165, 1.54) is 0 Å². The number of nitrogens with zero attached hydrogens (tertiary/aromatic N) is 1. The number of nitrogens with one attached hydrogen (secondary N) is 1. The third-order valence-electron chi connectivity index (χ3n) is 8.09. The van der Waals surface area contributed by atoms with Gasteiger partial charge in [0.05, 0.1) is 62.6 Å². The fraction of sp³-hybridized carbons (Fsp3) is 0.875. The van der Waals surface area contributed by atoms with Gasteiger partial charge in [0.25, 0.3) is 0 Å². The normalized spacial score (nSPS) is 17.5. The largest absolute Gasteiger partial charge is 0.463 e. The second-order valence-electron chi connectivity index (χ2n) is 13.1. The Hall–Kier alpha value is -2.40. The number of carbonyl (C=O) groups is 4. The van der Waals surface area contributed by atoms with Gasteiger partial charge in [-0.15, -0.1) is 0 Å². The number of rotatable bonds is 26. The zero-order valence-corrected chi connectivity index (χ0v) is 29.0. The Bertz CT molecular complexity index is 965. The molecule has 0 aromatic carbocycles. The topological polar surface area (TPSA) is 200 Å². The summed E-state index contributed by atoms with van der Waals surface area (Å²) >= 11 is 0. The van der Waals surface area contributed by atoms with Crippen molar-refractivity contribution in [2.45, 2.75) is 78.9 Å². The second kappa shape index (κ2) is 21.5. The van der Waals surface area contributed by atoms with E-state index in [0.29, 0.717) is 45.8 Å². The van der Waals surface area contributed by atoms with Gasteiger partial charge in [-0.25, -0.2) is 0 Å². The highest BCUT2D eigenvalue weighted by Crippen LogP contribution is 2.45. The molecule has 0 aliphatic carbocycles.